The van der Waals surface area contributed by atoms with Crippen molar-refractivity contribution >= 4 is 11.8 Å². The Labute approximate surface area is 159 Å². The highest BCUT2D eigenvalue weighted by Gasteiger charge is 2.30. The van der Waals surface area contributed by atoms with Crippen LogP contribution >= 0.6 is 0 Å². The van der Waals surface area contributed by atoms with E-state index in [2.05, 4.69) is 5.32 Å². The number of nitrogens with zero attached hydrogens (tertiary/aromatic N) is 2. The third kappa shape index (κ3) is 3.95. The Balaban J connectivity index is 1.86. The highest BCUT2D eigenvalue weighted by atomic mass is 16.5. The molecule has 6 nitrogen and oxygen atoms in total. The second-order valence-corrected chi connectivity index (χ2v) is 6.74. The third-order valence-electron chi connectivity index (χ3n) is 4.79. The van der Waals surface area contributed by atoms with Gasteiger partial charge in [0.05, 0.1) is 13.2 Å². The molecule has 0 bridgehead atoms. The van der Waals surface area contributed by atoms with Gasteiger partial charge in [0.2, 0.25) is 0 Å². The summed E-state index contributed by atoms with van der Waals surface area (Å²) >= 11 is 0. The molecule has 6 heteroatoms. The highest BCUT2D eigenvalue weighted by Crippen LogP contribution is 2.31. The van der Waals surface area contributed by atoms with Crippen LogP contribution in [0.4, 0.5) is 0 Å². The number of carbonyl (C=O) groups excluding carboxylic acids is 2. The lowest BCUT2D eigenvalue weighted by Gasteiger charge is -2.37. The Kier molecular flexibility index (Phi) is 5.76. The van der Waals surface area contributed by atoms with Crippen molar-refractivity contribution in [3.8, 4) is 5.75 Å². The summed E-state index contributed by atoms with van der Waals surface area (Å²) < 4.78 is 5.49. The number of ether oxygens (including phenoxy) is 1. The van der Waals surface area contributed by atoms with Crippen LogP contribution in [0.2, 0.25) is 0 Å². The molecule has 1 heterocycles. The van der Waals surface area contributed by atoms with Gasteiger partial charge in [0.25, 0.3) is 11.8 Å². The van der Waals surface area contributed by atoms with E-state index < -0.39 is 0 Å². The number of hydrogen-bond donors (Lipinski definition) is 1. The largest absolute Gasteiger partial charge is 0.496 e. The molecule has 1 saturated heterocycles. The minimum atomic E-state index is -0.106. The number of para-hydroxylation sites is 1. The van der Waals surface area contributed by atoms with Gasteiger partial charge < -0.3 is 19.9 Å². The Bertz CT molecular complexity index is 818. The standard InChI is InChI=1S/C21H25N3O3/c1-23(2)20(25)15-8-10-16(11-9-15)21(26)24-13-12-22-14-18(24)17-6-4-5-7-19(17)27-3/h4-11,18,22H,12-14H2,1-3H3. The number of benzene rings is 2. The normalized spacial score (nSPS) is 16.7. The van der Waals surface area contributed by atoms with Crippen molar-refractivity contribution in [2.45, 2.75) is 6.04 Å². The van der Waals surface area contributed by atoms with E-state index in [9.17, 15) is 9.59 Å². The minimum Gasteiger partial charge on any atom is -0.496 e. The molecule has 1 atom stereocenters. The first-order valence-corrected chi connectivity index (χ1v) is 8.99. The number of nitrogens with one attached hydrogen (secondary N) is 1. The van der Waals surface area contributed by atoms with Gasteiger partial charge in [-0.15, -0.1) is 0 Å². The number of hydrogen-bond acceptors (Lipinski definition) is 4. The summed E-state index contributed by atoms with van der Waals surface area (Å²) in [6.07, 6.45) is 0. The topological polar surface area (TPSA) is 61.9 Å². The second-order valence-electron chi connectivity index (χ2n) is 6.74. The quantitative estimate of drug-likeness (QED) is 0.900. The fraction of sp³-hybridized carbons (Fsp3) is 0.333. The molecule has 27 heavy (non-hydrogen) atoms. The van der Waals surface area contributed by atoms with Crippen LogP contribution in [0.3, 0.4) is 0 Å². The van der Waals surface area contributed by atoms with Gasteiger partial charge in [0, 0.05) is 50.4 Å². The maximum Gasteiger partial charge on any atom is 0.254 e. The van der Waals surface area contributed by atoms with Crippen molar-refractivity contribution < 1.29 is 14.3 Å². The molecule has 1 aliphatic heterocycles. The molecule has 0 radical (unpaired) electrons. The molecule has 0 spiro atoms. The van der Waals surface area contributed by atoms with Crippen molar-refractivity contribution in [1.29, 1.82) is 0 Å². The zero-order valence-electron chi connectivity index (χ0n) is 15.9. The molecule has 2 aromatic rings. The summed E-state index contributed by atoms with van der Waals surface area (Å²) in [4.78, 5) is 28.6. The SMILES string of the molecule is COc1ccccc1C1CNCCN1C(=O)c1ccc(C(=O)N(C)C)cc1. The van der Waals surface area contributed by atoms with Crippen LogP contribution in [-0.4, -0.2) is 62.5 Å². The Morgan fingerprint density at radius 3 is 2.41 bits per heavy atom. The van der Waals surface area contributed by atoms with Gasteiger partial charge in [-0.2, -0.15) is 0 Å². The Hall–Kier alpha value is -2.86. The summed E-state index contributed by atoms with van der Waals surface area (Å²) in [5.41, 5.74) is 2.13. The summed E-state index contributed by atoms with van der Waals surface area (Å²) in [5.74, 6) is 0.648. The molecule has 3 rings (SSSR count). The van der Waals surface area contributed by atoms with Crippen molar-refractivity contribution in [3.05, 3.63) is 65.2 Å². The van der Waals surface area contributed by atoms with Crippen molar-refractivity contribution in [2.75, 3.05) is 40.8 Å². The molecule has 1 aliphatic rings. The van der Waals surface area contributed by atoms with Crippen LogP contribution in [0.25, 0.3) is 0 Å². The number of piperazine rings is 1. The average Bonchev–Trinajstić information content (AvgIpc) is 2.72. The predicted molar refractivity (Wildman–Crippen MR) is 104 cm³/mol. The molecule has 1 unspecified atom stereocenters. The van der Waals surface area contributed by atoms with Crippen LogP contribution in [0.15, 0.2) is 48.5 Å². The fourth-order valence-corrected chi connectivity index (χ4v) is 3.35. The van der Waals surface area contributed by atoms with Gasteiger partial charge in [-0.3, -0.25) is 9.59 Å². The first kappa shape index (κ1) is 18.9. The molecular formula is C21H25N3O3. The number of carbonyl (C=O) groups is 2. The lowest BCUT2D eigenvalue weighted by Crippen LogP contribution is -2.48. The summed E-state index contributed by atoms with van der Waals surface area (Å²) in [6, 6.07) is 14.5. The molecular weight excluding hydrogens is 342 g/mol. The van der Waals surface area contributed by atoms with E-state index in [4.69, 9.17) is 4.74 Å². The van der Waals surface area contributed by atoms with E-state index in [1.54, 1.807) is 45.5 Å². The molecule has 0 aromatic heterocycles. The molecule has 1 N–H and O–H groups in total. The van der Waals surface area contributed by atoms with Gasteiger partial charge in [-0.1, -0.05) is 18.2 Å². The lowest BCUT2D eigenvalue weighted by molar-refractivity contribution is 0.0631. The average molecular weight is 367 g/mol. The van der Waals surface area contributed by atoms with E-state index in [1.165, 1.54) is 4.90 Å². The highest BCUT2D eigenvalue weighted by molar-refractivity contribution is 5.98. The van der Waals surface area contributed by atoms with Gasteiger partial charge in [0.1, 0.15) is 5.75 Å². The van der Waals surface area contributed by atoms with Crippen molar-refractivity contribution in [1.82, 2.24) is 15.1 Å². The van der Waals surface area contributed by atoms with Crippen molar-refractivity contribution in [3.63, 3.8) is 0 Å². The van der Waals surface area contributed by atoms with Gasteiger partial charge in [0.15, 0.2) is 0 Å². The first-order valence-electron chi connectivity index (χ1n) is 8.99. The molecule has 1 fully saturated rings. The van der Waals surface area contributed by atoms with Gasteiger partial charge in [-0.25, -0.2) is 0 Å². The molecule has 2 aromatic carbocycles. The van der Waals surface area contributed by atoms with Crippen LogP contribution in [0, 0.1) is 0 Å². The summed E-state index contributed by atoms with van der Waals surface area (Å²) in [6.45, 7) is 2.03. The molecule has 2 amide bonds. The molecule has 142 valence electrons. The van der Waals surface area contributed by atoms with E-state index >= 15 is 0 Å². The van der Waals surface area contributed by atoms with Crippen LogP contribution < -0.4 is 10.1 Å². The number of rotatable bonds is 4. The monoisotopic (exact) mass is 367 g/mol. The first-order chi connectivity index (χ1) is 13.0. The Morgan fingerprint density at radius 2 is 1.74 bits per heavy atom. The number of methoxy groups -OCH3 is 1. The maximum absolute atomic E-state index is 13.2. The van der Waals surface area contributed by atoms with Gasteiger partial charge in [-0.05, 0) is 30.3 Å². The third-order valence-corrected chi connectivity index (χ3v) is 4.79. The fourth-order valence-electron chi connectivity index (χ4n) is 3.35. The summed E-state index contributed by atoms with van der Waals surface area (Å²) in [7, 11) is 5.06. The van der Waals surface area contributed by atoms with E-state index in [1.807, 2.05) is 29.2 Å². The van der Waals surface area contributed by atoms with Crippen LogP contribution in [0.5, 0.6) is 5.75 Å². The van der Waals surface area contributed by atoms with E-state index in [0.29, 0.717) is 24.2 Å². The van der Waals surface area contributed by atoms with E-state index in [0.717, 1.165) is 17.9 Å². The van der Waals surface area contributed by atoms with Crippen molar-refractivity contribution in [2.24, 2.45) is 0 Å². The van der Waals surface area contributed by atoms with Crippen LogP contribution in [0.1, 0.15) is 32.3 Å². The second kappa shape index (κ2) is 8.22. The van der Waals surface area contributed by atoms with Gasteiger partial charge >= 0.3 is 0 Å². The predicted octanol–water partition coefficient (Wildman–Crippen LogP) is 2.18. The van der Waals surface area contributed by atoms with Crippen LogP contribution in [-0.2, 0) is 0 Å². The molecule has 0 aliphatic carbocycles. The zero-order chi connectivity index (χ0) is 19.4. The molecule has 0 saturated carbocycles. The Morgan fingerprint density at radius 1 is 1.07 bits per heavy atom. The van der Waals surface area contributed by atoms with E-state index in [-0.39, 0.29) is 17.9 Å². The minimum absolute atomic E-state index is 0.0451. The zero-order valence-corrected chi connectivity index (χ0v) is 15.9. The summed E-state index contributed by atoms with van der Waals surface area (Å²) in [5, 5.41) is 3.36. The number of amides is 2. The maximum atomic E-state index is 13.2. The lowest BCUT2D eigenvalue weighted by atomic mass is 10.0. The smallest absolute Gasteiger partial charge is 0.254 e.